The molecule has 4 aromatic rings. The molecule has 0 unspecified atom stereocenters. The van der Waals surface area contributed by atoms with Gasteiger partial charge in [-0.25, -0.2) is 9.37 Å². The molecule has 128 valence electrons. The molecule has 0 saturated carbocycles. The summed E-state index contributed by atoms with van der Waals surface area (Å²) in [7, 11) is 0. The highest BCUT2D eigenvalue weighted by Gasteiger charge is 2.11. The maximum absolute atomic E-state index is 13.8. The number of aromatic nitrogens is 4. The molecule has 0 aliphatic rings. The zero-order chi connectivity index (χ0) is 18.1. The van der Waals surface area contributed by atoms with Gasteiger partial charge < -0.3 is 5.32 Å². The van der Waals surface area contributed by atoms with Crippen molar-refractivity contribution in [3.63, 3.8) is 0 Å². The van der Waals surface area contributed by atoms with Crippen LogP contribution in [0.4, 0.5) is 10.1 Å². The molecule has 1 N–H and O–H groups in total. The van der Waals surface area contributed by atoms with Crippen LogP contribution in [0.1, 0.15) is 10.4 Å². The first-order chi connectivity index (χ1) is 12.6. The van der Waals surface area contributed by atoms with E-state index in [4.69, 9.17) is 11.6 Å². The number of nitrogens with zero attached hydrogens (tertiary/aromatic N) is 4. The van der Waals surface area contributed by atoms with Crippen molar-refractivity contribution in [1.29, 1.82) is 0 Å². The molecule has 6 nitrogen and oxygen atoms in total. The summed E-state index contributed by atoms with van der Waals surface area (Å²) in [4.78, 5) is 16.6. The van der Waals surface area contributed by atoms with Crippen molar-refractivity contribution in [3.8, 4) is 5.69 Å². The molecule has 8 heteroatoms. The van der Waals surface area contributed by atoms with E-state index in [1.54, 1.807) is 41.2 Å². The average Bonchev–Trinajstić information content (AvgIpc) is 3.08. The second-order valence-electron chi connectivity index (χ2n) is 5.47. The van der Waals surface area contributed by atoms with Gasteiger partial charge in [-0.2, -0.15) is 4.68 Å². The second kappa shape index (κ2) is 6.53. The first-order valence-electron chi connectivity index (χ1n) is 7.65. The molecular weight excluding hydrogens is 357 g/mol. The summed E-state index contributed by atoms with van der Waals surface area (Å²) in [5, 5.41) is 10.9. The van der Waals surface area contributed by atoms with Gasteiger partial charge in [-0.05, 0) is 54.6 Å². The molecule has 4 rings (SSSR count). The minimum atomic E-state index is -0.595. The lowest BCUT2D eigenvalue weighted by molar-refractivity contribution is 0.102. The third kappa shape index (κ3) is 3.00. The van der Waals surface area contributed by atoms with Gasteiger partial charge in [-0.1, -0.05) is 16.8 Å². The zero-order valence-electron chi connectivity index (χ0n) is 13.2. The average molecular weight is 368 g/mol. The summed E-state index contributed by atoms with van der Waals surface area (Å²) in [5.74, 6) is -1.03. The first kappa shape index (κ1) is 16.2. The van der Waals surface area contributed by atoms with E-state index in [1.165, 1.54) is 12.1 Å². The van der Waals surface area contributed by atoms with Crippen molar-refractivity contribution in [1.82, 2.24) is 20.0 Å². The minimum absolute atomic E-state index is 0.0648. The molecule has 0 saturated heterocycles. The molecule has 26 heavy (non-hydrogen) atoms. The zero-order valence-corrected chi connectivity index (χ0v) is 14.0. The smallest absolute Gasteiger partial charge is 0.255 e. The highest BCUT2D eigenvalue weighted by atomic mass is 35.5. The fraction of sp³-hybridized carbons (Fsp3) is 0. The fourth-order valence-electron chi connectivity index (χ4n) is 2.48. The number of anilines is 1. The number of fused-ring (bicyclic) bond motifs is 1. The van der Waals surface area contributed by atoms with Crippen LogP contribution in [0, 0.1) is 5.82 Å². The number of benzene rings is 2. The molecule has 0 radical (unpaired) electrons. The van der Waals surface area contributed by atoms with Crippen molar-refractivity contribution in [3.05, 3.63) is 77.2 Å². The molecule has 1 amide bonds. The Hall–Kier alpha value is -3.32. The lowest BCUT2D eigenvalue weighted by atomic mass is 10.2. The van der Waals surface area contributed by atoms with E-state index in [0.29, 0.717) is 22.4 Å². The quantitative estimate of drug-likeness (QED) is 0.596. The van der Waals surface area contributed by atoms with Gasteiger partial charge in [0.15, 0.2) is 5.65 Å². The Morgan fingerprint density at radius 2 is 1.92 bits per heavy atom. The molecule has 2 heterocycles. The third-order valence-electron chi connectivity index (χ3n) is 3.76. The molecule has 0 atom stereocenters. The Morgan fingerprint density at radius 3 is 2.69 bits per heavy atom. The highest BCUT2D eigenvalue weighted by Crippen LogP contribution is 2.20. The van der Waals surface area contributed by atoms with E-state index in [0.717, 1.165) is 6.07 Å². The van der Waals surface area contributed by atoms with Gasteiger partial charge in [-0.3, -0.25) is 4.79 Å². The summed E-state index contributed by atoms with van der Waals surface area (Å²) in [6, 6.07) is 14.3. The third-order valence-corrected chi connectivity index (χ3v) is 4.00. The topological polar surface area (TPSA) is 72.7 Å². The van der Waals surface area contributed by atoms with Crippen molar-refractivity contribution >= 4 is 34.4 Å². The largest absolute Gasteiger partial charge is 0.319 e. The summed E-state index contributed by atoms with van der Waals surface area (Å²) in [6.45, 7) is 0. The van der Waals surface area contributed by atoms with Crippen molar-refractivity contribution in [2.24, 2.45) is 0 Å². The number of halogens is 2. The maximum atomic E-state index is 13.8. The van der Waals surface area contributed by atoms with E-state index in [-0.39, 0.29) is 10.7 Å². The lowest BCUT2D eigenvalue weighted by Gasteiger charge is -2.07. The van der Waals surface area contributed by atoms with Crippen LogP contribution in [-0.2, 0) is 0 Å². The van der Waals surface area contributed by atoms with E-state index in [1.807, 2.05) is 6.07 Å². The molecule has 0 aliphatic heterocycles. The van der Waals surface area contributed by atoms with Gasteiger partial charge in [0.25, 0.3) is 5.91 Å². The van der Waals surface area contributed by atoms with Gasteiger partial charge in [-0.15, -0.1) is 5.10 Å². The summed E-state index contributed by atoms with van der Waals surface area (Å²) in [6.07, 6.45) is 1.66. The normalized spacial score (nSPS) is 10.8. The summed E-state index contributed by atoms with van der Waals surface area (Å²) < 4.78 is 15.4. The standard InChI is InChI=1S/C18H11ClFN5O/c19-12-5-8-15(14(20)10-12)22-18(26)11-3-6-13(7-4-11)25-17-16(23-24-25)2-1-9-21-17/h1-10H,(H,22,26). The van der Waals surface area contributed by atoms with Gasteiger partial charge in [0.2, 0.25) is 0 Å². The van der Waals surface area contributed by atoms with Gasteiger partial charge in [0.1, 0.15) is 11.3 Å². The number of amides is 1. The van der Waals surface area contributed by atoms with Gasteiger partial charge in [0, 0.05) is 16.8 Å². The van der Waals surface area contributed by atoms with E-state index < -0.39 is 11.7 Å². The summed E-state index contributed by atoms with van der Waals surface area (Å²) in [5.41, 5.74) is 2.44. The van der Waals surface area contributed by atoms with E-state index in [9.17, 15) is 9.18 Å². The molecule has 2 aromatic carbocycles. The van der Waals surface area contributed by atoms with Crippen molar-refractivity contribution < 1.29 is 9.18 Å². The lowest BCUT2D eigenvalue weighted by Crippen LogP contribution is -2.13. The van der Waals surface area contributed by atoms with Crippen LogP contribution in [0.25, 0.3) is 16.9 Å². The van der Waals surface area contributed by atoms with Gasteiger partial charge >= 0.3 is 0 Å². The van der Waals surface area contributed by atoms with E-state index >= 15 is 0 Å². The van der Waals surface area contributed by atoms with Crippen molar-refractivity contribution in [2.45, 2.75) is 0 Å². The monoisotopic (exact) mass is 367 g/mol. The van der Waals surface area contributed by atoms with Crippen molar-refractivity contribution in [2.75, 3.05) is 5.32 Å². The van der Waals surface area contributed by atoms with Crippen LogP contribution in [0.5, 0.6) is 0 Å². The predicted octanol–water partition coefficient (Wildman–Crippen LogP) is 3.86. The fourth-order valence-corrected chi connectivity index (χ4v) is 2.64. The molecule has 0 aliphatic carbocycles. The number of nitrogens with one attached hydrogen (secondary N) is 1. The number of carbonyl (C=O) groups excluding carboxylic acids is 1. The Labute approximate surface area is 152 Å². The Bertz CT molecular complexity index is 1110. The SMILES string of the molecule is O=C(Nc1ccc(Cl)cc1F)c1ccc(-n2nnc3cccnc32)cc1. The van der Waals surface area contributed by atoms with Crippen LogP contribution in [0.15, 0.2) is 60.8 Å². The Kier molecular flexibility index (Phi) is 4.06. The molecule has 0 spiro atoms. The predicted molar refractivity (Wildman–Crippen MR) is 96.0 cm³/mol. The molecular formula is C18H11ClFN5O. The number of pyridine rings is 1. The number of carbonyl (C=O) groups is 1. The second-order valence-corrected chi connectivity index (χ2v) is 5.91. The van der Waals surface area contributed by atoms with Crippen LogP contribution in [0.3, 0.4) is 0 Å². The maximum Gasteiger partial charge on any atom is 0.255 e. The highest BCUT2D eigenvalue weighted by molar-refractivity contribution is 6.30. The number of hydrogen-bond donors (Lipinski definition) is 1. The van der Waals surface area contributed by atoms with Crippen LogP contribution in [-0.4, -0.2) is 25.9 Å². The molecule has 2 aromatic heterocycles. The minimum Gasteiger partial charge on any atom is -0.319 e. The molecule has 0 bridgehead atoms. The first-order valence-corrected chi connectivity index (χ1v) is 8.03. The van der Waals surface area contributed by atoms with Crippen LogP contribution >= 0.6 is 11.6 Å². The van der Waals surface area contributed by atoms with Crippen LogP contribution < -0.4 is 5.32 Å². The number of rotatable bonds is 3. The summed E-state index contributed by atoms with van der Waals surface area (Å²) >= 11 is 5.71. The van der Waals surface area contributed by atoms with E-state index in [2.05, 4.69) is 20.6 Å². The molecule has 0 fully saturated rings. The van der Waals surface area contributed by atoms with Gasteiger partial charge in [0.05, 0.1) is 11.4 Å². The number of hydrogen-bond acceptors (Lipinski definition) is 4. The van der Waals surface area contributed by atoms with Crippen LogP contribution in [0.2, 0.25) is 5.02 Å². The Balaban J connectivity index is 1.58. The Morgan fingerprint density at radius 1 is 1.12 bits per heavy atom.